The lowest BCUT2D eigenvalue weighted by Crippen LogP contribution is -2.19. The van der Waals surface area contributed by atoms with Crippen molar-refractivity contribution in [2.24, 2.45) is 0 Å². The van der Waals surface area contributed by atoms with Gasteiger partial charge in [-0.15, -0.1) is 0 Å². The Labute approximate surface area is 76.5 Å². The van der Waals surface area contributed by atoms with Crippen molar-refractivity contribution in [3.63, 3.8) is 0 Å². The fraction of sp³-hybridized carbons (Fsp3) is 0.182. The van der Waals surface area contributed by atoms with E-state index in [4.69, 9.17) is 0 Å². The number of hydrogen-bond acceptors (Lipinski definition) is 2. The van der Waals surface area contributed by atoms with Crippen LogP contribution < -0.4 is 0 Å². The van der Waals surface area contributed by atoms with Gasteiger partial charge in [0.25, 0.3) is 0 Å². The molecule has 2 rings (SSSR count). The highest BCUT2D eigenvalue weighted by Crippen LogP contribution is 2.26. The van der Waals surface area contributed by atoms with E-state index in [2.05, 4.69) is 0 Å². The number of carbonyl (C=O) groups is 1. The summed E-state index contributed by atoms with van der Waals surface area (Å²) in [5, 5.41) is 9.50. The standard InChI is InChI=1S/C11H10O2/c12-10-7-6-9(11(10)13)8-4-2-1-3-5-8/h1-7,9,11,13H. The highest BCUT2D eigenvalue weighted by Gasteiger charge is 2.28. The van der Waals surface area contributed by atoms with Crippen LogP contribution >= 0.6 is 0 Å². The third kappa shape index (κ3) is 1.40. The minimum Gasteiger partial charge on any atom is -0.384 e. The molecule has 0 fully saturated rings. The first kappa shape index (κ1) is 8.20. The summed E-state index contributed by atoms with van der Waals surface area (Å²) in [7, 11) is 0. The van der Waals surface area contributed by atoms with E-state index in [0.29, 0.717) is 0 Å². The van der Waals surface area contributed by atoms with Crippen molar-refractivity contribution >= 4 is 5.78 Å². The normalized spacial score (nSPS) is 26.7. The van der Waals surface area contributed by atoms with Gasteiger partial charge >= 0.3 is 0 Å². The average Bonchev–Trinajstić information content (AvgIpc) is 2.49. The predicted molar refractivity (Wildman–Crippen MR) is 49.3 cm³/mol. The van der Waals surface area contributed by atoms with Crippen molar-refractivity contribution in [2.45, 2.75) is 12.0 Å². The molecule has 1 aromatic carbocycles. The van der Waals surface area contributed by atoms with Gasteiger partial charge in [-0.3, -0.25) is 4.79 Å². The van der Waals surface area contributed by atoms with Gasteiger partial charge in [0.1, 0.15) is 6.10 Å². The Morgan fingerprint density at radius 2 is 1.85 bits per heavy atom. The molecule has 0 saturated heterocycles. The van der Waals surface area contributed by atoms with E-state index in [0.717, 1.165) is 5.56 Å². The Morgan fingerprint density at radius 3 is 2.38 bits per heavy atom. The number of aliphatic hydroxyl groups excluding tert-OH is 1. The number of aliphatic hydroxyl groups is 1. The van der Waals surface area contributed by atoms with E-state index < -0.39 is 6.10 Å². The summed E-state index contributed by atoms with van der Waals surface area (Å²) in [4.78, 5) is 11.0. The van der Waals surface area contributed by atoms with E-state index >= 15 is 0 Å². The van der Waals surface area contributed by atoms with Gasteiger partial charge in [-0.1, -0.05) is 36.4 Å². The average molecular weight is 174 g/mol. The summed E-state index contributed by atoms with van der Waals surface area (Å²) in [6.45, 7) is 0. The van der Waals surface area contributed by atoms with Crippen molar-refractivity contribution in [3.8, 4) is 0 Å². The van der Waals surface area contributed by atoms with Crippen LogP contribution in [0, 0.1) is 0 Å². The zero-order valence-electron chi connectivity index (χ0n) is 7.05. The number of benzene rings is 1. The second-order valence-corrected chi connectivity index (χ2v) is 3.14. The lowest BCUT2D eigenvalue weighted by molar-refractivity contribution is -0.121. The van der Waals surface area contributed by atoms with E-state index in [9.17, 15) is 9.90 Å². The highest BCUT2D eigenvalue weighted by atomic mass is 16.3. The second-order valence-electron chi connectivity index (χ2n) is 3.14. The van der Waals surface area contributed by atoms with Crippen molar-refractivity contribution in [3.05, 3.63) is 48.0 Å². The Hall–Kier alpha value is -1.41. The van der Waals surface area contributed by atoms with Crippen LogP contribution in [0.5, 0.6) is 0 Å². The minimum absolute atomic E-state index is 0.159. The molecule has 2 unspecified atom stereocenters. The Morgan fingerprint density at radius 1 is 1.15 bits per heavy atom. The van der Waals surface area contributed by atoms with E-state index in [1.807, 2.05) is 30.3 Å². The highest BCUT2D eigenvalue weighted by molar-refractivity contribution is 5.97. The number of rotatable bonds is 1. The van der Waals surface area contributed by atoms with Crippen LogP contribution in [-0.2, 0) is 4.79 Å². The molecule has 0 aliphatic heterocycles. The molecule has 1 aliphatic carbocycles. The van der Waals surface area contributed by atoms with Crippen LogP contribution in [0.2, 0.25) is 0 Å². The van der Waals surface area contributed by atoms with E-state index in [-0.39, 0.29) is 11.7 Å². The summed E-state index contributed by atoms with van der Waals surface area (Å²) in [5.74, 6) is -0.359. The summed E-state index contributed by atoms with van der Waals surface area (Å²) >= 11 is 0. The minimum atomic E-state index is -0.887. The molecule has 1 N–H and O–H groups in total. The maximum absolute atomic E-state index is 11.0. The predicted octanol–water partition coefficient (Wildman–Crippen LogP) is 1.27. The molecule has 0 aromatic heterocycles. The summed E-state index contributed by atoms with van der Waals surface area (Å²) in [6.07, 6.45) is 2.31. The van der Waals surface area contributed by atoms with Crippen LogP contribution in [0.3, 0.4) is 0 Å². The van der Waals surface area contributed by atoms with Gasteiger partial charge in [0.05, 0.1) is 0 Å². The zero-order chi connectivity index (χ0) is 9.26. The van der Waals surface area contributed by atoms with Gasteiger partial charge in [0, 0.05) is 5.92 Å². The number of carbonyl (C=O) groups excluding carboxylic acids is 1. The van der Waals surface area contributed by atoms with Crippen LogP contribution in [0.15, 0.2) is 42.5 Å². The molecule has 1 aliphatic rings. The summed E-state index contributed by atoms with van der Waals surface area (Å²) in [6, 6.07) is 9.54. The van der Waals surface area contributed by atoms with Gasteiger partial charge in [0.15, 0.2) is 5.78 Å². The van der Waals surface area contributed by atoms with Crippen molar-refractivity contribution in [1.29, 1.82) is 0 Å². The smallest absolute Gasteiger partial charge is 0.184 e. The van der Waals surface area contributed by atoms with Crippen molar-refractivity contribution in [2.75, 3.05) is 0 Å². The first-order valence-corrected chi connectivity index (χ1v) is 4.24. The number of hydrogen-bond donors (Lipinski definition) is 1. The fourth-order valence-electron chi connectivity index (χ4n) is 1.55. The third-order valence-electron chi connectivity index (χ3n) is 2.28. The molecule has 2 heteroatoms. The molecule has 13 heavy (non-hydrogen) atoms. The van der Waals surface area contributed by atoms with Crippen LogP contribution in [-0.4, -0.2) is 17.0 Å². The topological polar surface area (TPSA) is 37.3 Å². The molecule has 0 spiro atoms. The monoisotopic (exact) mass is 174 g/mol. The Kier molecular flexibility index (Phi) is 1.99. The fourth-order valence-corrected chi connectivity index (χ4v) is 1.55. The van der Waals surface area contributed by atoms with Gasteiger partial charge < -0.3 is 5.11 Å². The molecule has 0 heterocycles. The van der Waals surface area contributed by atoms with Crippen molar-refractivity contribution in [1.82, 2.24) is 0 Å². The molecule has 0 saturated carbocycles. The molecular weight excluding hydrogens is 164 g/mol. The molecule has 0 amide bonds. The largest absolute Gasteiger partial charge is 0.384 e. The van der Waals surface area contributed by atoms with Crippen LogP contribution in [0.4, 0.5) is 0 Å². The second kappa shape index (κ2) is 3.15. The molecule has 2 nitrogen and oxygen atoms in total. The maximum Gasteiger partial charge on any atom is 0.184 e. The van der Waals surface area contributed by atoms with Gasteiger partial charge in [-0.2, -0.15) is 0 Å². The van der Waals surface area contributed by atoms with Gasteiger partial charge in [-0.05, 0) is 11.6 Å². The zero-order valence-corrected chi connectivity index (χ0v) is 7.05. The third-order valence-corrected chi connectivity index (χ3v) is 2.28. The first-order valence-electron chi connectivity index (χ1n) is 4.24. The van der Waals surface area contributed by atoms with Crippen LogP contribution in [0.25, 0.3) is 0 Å². The molecule has 2 atom stereocenters. The van der Waals surface area contributed by atoms with Crippen LogP contribution in [0.1, 0.15) is 11.5 Å². The Bertz CT molecular complexity index is 340. The van der Waals surface area contributed by atoms with E-state index in [1.165, 1.54) is 6.08 Å². The molecule has 66 valence electrons. The van der Waals surface area contributed by atoms with Gasteiger partial charge in [0.2, 0.25) is 0 Å². The SMILES string of the molecule is O=C1C=CC(c2ccccc2)C1O. The quantitative estimate of drug-likeness (QED) is 0.696. The maximum atomic E-state index is 11.0. The molecule has 1 aromatic rings. The number of ketones is 1. The molecule has 0 bridgehead atoms. The lowest BCUT2D eigenvalue weighted by Gasteiger charge is -2.12. The van der Waals surface area contributed by atoms with Gasteiger partial charge in [-0.25, -0.2) is 0 Å². The Balaban J connectivity index is 2.29. The lowest BCUT2D eigenvalue weighted by atomic mass is 9.96. The van der Waals surface area contributed by atoms with E-state index in [1.54, 1.807) is 6.08 Å². The summed E-state index contributed by atoms with van der Waals surface area (Å²) in [5.41, 5.74) is 0.983. The first-order chi connectivity index (χ1) is 6.29. The molecular formula is C11H10O2. The van der Waals surface area contributed by atoms with Crippen molar-refractivity contribution < 1.29 is 9.90 Å². The molecule has 0 radical (unpaired) electrons. The summed E-state index contributed by atoms with van der Waals surface area (Å²) < 4.78 is 0.